The van der Waals surface area contributed by atoms with Gasteiger partial charge in [-0.15, -0.1) is 11.3 Å². The standard InChI is InChI=1S/C20H22N4O3S2/c1-4-24(5-2)18(26)13-6-8-14(9-7-13)21-16(25)12-29-20-22-17-15(10-11-28-17)19(27)23(20)3/h6-11H,4-5,12H2,1-3H3,(H,21,25). The summed E-state index contributed by atoms with van der Waals surface area (Å²) in [5.74, 6) is -0.116. The summed E-state index contributed by atoms with van der Waals surface area (Å²) in [5, 5.41) is 5.72. The molecule has 0 aliphatic carbocycles. The van der Waals surface area contributed by atoms with Gasteiger partial charge in [0.2, 0.25) is 5.91 Å². The van der Waals surface area contributed by atoms with Crippen molar-refractivity contribution in [3.63, 3.8) is 0 Å². The second kappa shape index (κ2) is 9.23. The van der Waals surface area contributed by atoms with Crippen LogP contribution in [-0.4, -0.2) is 45.1 Å². The van der Waals surface area contributed by atoms with Gasteiger partial charge >= 0.3 is 0 Å². The van der Waals surface area contributed by atoms with Gasteiger partial charge in [0.1, 0.15) is 4.83 Å². The van der Waals surface area contributed by atoms with Gasteiger partial charge in [-0.25, -0.2) is 4.98 Å². The lowest BCUT2D eigenvalue weighted by Crippen LogP contribution is -2.30. The zero-order valence-electron chi connectivity index (χ0n) is 16.5. The molecular formula is C20H22N4O3S2. The SMILES string of the molecule is CCN(CC)C(=O)c1ccc(NC(=O)CSc2nc3sccc3c(=O)n2C)cc1. The van der Waals surface area contributed by atoms with E-state index in [9.17, 15) is 14.4 Å². The molecule has 2 amide bonds. The minimum Gasteiger partial charge on any atom is -0.339 e. The molecule has 3 rings (SSSR count). The lowest BCUT2D eigenvalue weighted by Gasteiger charge is -2.18. The first-order chi connectivity index (χ1) is 13.9. The molecule has 0 bridgehead atoms. The van der Waals surface area contributed by atoms with Crippen LogP contribution in [0.25, 0.3) is 10.2 Å². The number of amides is 2. The summed E-state index contributed by atoms with van der Waals surface area (Å²) in [6, 6.07) is 8.60. The second-order valence-corrected chi connectivity index (χ2v) is 8.13. The van der Waals surface area contributed by atoms with Crippen LogP contribution in [0.1, 0.15) is 24.2 Å². The van der Waals surface area contributed by atoms with E-state index in [0.29, 0.717) is 39.7 Å². The number of hydrogen-bond acceptors (Lipinski definition) is 6. The molecule has 2 heterocycles. The number of hydrogen-bond donors (Lipinski definition) is 1. The minimum absolute atomic E-state index is 0.0283. The number of thiophene rings is 1. The molecule has 9 heteroatoms. The van der Waals surface area contributed by atoms with E-state index in [4.69, 9.17) is 0 Å². The fourth-order valence-corrected chi connectivity index (χ4v) is 4.40. The van der Waals surface area contributed by atoms with Gasteiger partial charge in [-0.2, -0.15) is 0 Å². The van der Waals surface area contributed by atoms with Gasteiger partial charge in [0.05, 0.1) is 11.1 Å². The van der Waals surface area contributed by atoms with Crippen LogP contribution in [0, 0.1) is 0 Å². The zero-order valence-corrected chi connectivity index (χ0v) is 18.1. The maximum atomic E-state index is 12.3. The quantitative estimate of drug-likeness (QED) is 0.460. The number of thioether (sulfide) groups is 1. The van der Waals surface area contributed by atoms with Crippen molar-refractivity contribution in [1.29, 1.82) is 0 Å². The second-order valence-electron chi connectivity index (χ2n) is 6.29. The fourth-order valence-electron chi connectivity index (χ4n) is 2.83. The molecule has 0 saturated carbocycles. The number of nitrogens with zero attached hydrogens (tertiary/aromatic N) is 3. The van der Waals surface area contributed by atoms with E-state index >= 15 is 0 Å². The molecule has 1 N–H and O–H groups in total. The largest absolute Gasteiger partial charge is 0.339 e. The summed E-state index contributed by atoms with van der Waals surface area (Å²) in [4.78, 5) is 43.8. The minimum atomic E-state index is -0.210. The topological polar surface area (TPSA) is 84.3 Å². The Morgan fingerprint density at radius 1 is 1.17 bits per heavy atom. The fraction of sp³-hybridized carbons (Fsp3) is 0.300. The summed E-state index contributed by atoms with van der Waals surface area (Å²) in [5.41, 5.74) is 1.08. The lowest BCUT2D eigenvalue weighted by molar-refractivity contribution is -0.113. The Balaban J connectivity index is 1.62. The van der Waals surface area contributed by atoms with Crippen LogP contribution in [0.3, 0.4) is 0 Å². The summed E-state index contributed by atoms with van der Waals surface area (Å²) < 4.78 is 1.46. The molecule has 0 atom stereocenters. The molecular weight excluding hydrogens is 408 g/mol. The van der Waals surface area contributed by atoms with Crippen LogP contribution in [0.15, 0.2) is 45.7 Å². The van der Waals surface area contributed by atoms with Crippen molar-refractivity contribution in [2.75, 3.05) is 24.2 Å². The Bertz CT molecular complexity index is 1090. The third-order valence-electron chi connectivity index (χ3n) is 4.46. The Morgan fingerprint density at radius 2 is 1.86 bits per heavy atom. The molecule has 0 saturated heterocycles. The van der Waals surface area contributed by atoms with E-state index in [0.717, 1.165) is 0 Å². The molecule has 0 aliphatic heterocycles. The van der Waals surface area contributed by atoms with Crippen LogP contribution in [0.4, 0.5) is 5.69 Å². The van der Waals surface area contributed by atoms with E-state index in [2.05, 4.69) is 10.3 Å². The average Bonchev–Trinajstić information content (AvgIpc) is 3.19. The molecule has 7 nitrogen and oxygen atoms in total. The van der Waals surface area contributed by atoms with E-state index in [-0.39, 0.29) is 23.1 Å². The molecule has 29 heavy (non-hydrogen) atoms. The molecule has 0 aliphatic rings. The molecule has 0 fully saturated rings. The third kappa shape index (κ3) is 4.68. The van der Waals surface area contributed by atoms with E-state index in [1.54, 1.807) is 42.3 Å². The molecule has 0 radical (unpaired) electrons. The zero-order chi connectivity index (χ0) is 21.0. The van der Waals surface area contributed by atoms with Gasteiger partial charge in [-0.05, 0) is 49.6 Å². The monoisotopic (exact) mass is 430 g/mol. The number of carbonyl (C=O) groups excluding carboxylic acids is 2. The van der Waals surface area contributed by atoms with Gasteiger partial charge in [-0.3, -0.25) is 19.0 Å². The van der Waals surface area contributed by atoms with Crippen molar-refractivity contribution in [2.24, 2.45) is 7.05 Å². The summed E-state index contributed by atoms with van der Waals surface area (Å²) >= 11 is 2.61. The predicted octanol–water partition coefficient (Wildman–Crippen LogP) is 3.21. The lowest BCUT2D eigenvalue weighted by atomic mass is 10.2. The van der Waals surface area contributed by atoms with Gasteiger partial charge in [-0.1, -0.05) is 11.8 Å². The molecule has 1 aromatic carbocycles. The Morgan fingerprint density at radius 3 is 2.52 bits per heavy atom. The van der Waals surface area contributed by atoms with Crippen LogP contribution in [0.5, 0.6) is 0 Å². The average molecular weight is 431 g/mol. The Kier molecular flexibility index (Phi) is 6.71. The van der Waals surface area contributed by atoms with Gasteiger partial charge in [0.25, 0.3) is 11.5 Å². The van der Waals surface area contributed by atoms with E-state index in [1.807, 2.05) is 19.2 Å². The predicted molar refractivity (Wildman–Crippen MR) is 118 cm³/mol. The summed E-state index contributed by atoms with van der Waals surface area (Å²) in [6.07, 6.45) is 0. The molecule has 3 aromatic rings. The van der Waals surface area contributed by atoms with Gasteiger partial charge < -0.3 is 10.2 Å². The van der Waals surface area contributed by atoms with Crippen molar-refractivity contribution in [3.05, 3.63) is 51.6 Å². The van der Waals surface area contributed by atoms with Crippen molar-refractivity contribution in [2.45, 2.75) is 19.0 Å². The highest BCUT2D eigenvalue weighted by Crippen LogP contribution is 2.21. The Hall–Kier alpha value is -2.65. The number of fused-ring (bicyclic) bond motifs is 1. The third-order valence-corrected chi connectivity index (χ3v) is 6.30. The van der Waals surface area contributed by atoms with Crippen LogP contribution < -0.4 is 10.9 Å². The number of carbonyl (C=O) groups is 2. The maximum absolute atomic E-state index is 12.3. The number of benzene rings is 1. The number of nitrogens with one attached hydrogen (secondary N) is 1. The van der Waals surface area contributed by atoms with E-state index < -0.39 is 0 Å². The first-order valence-electron chi connectivity index (χ1n) is 9.20. The number of anilines is 1. The van der Waals surface area contributed by atoms with Crippen molar-refractivity contribution >= 4 is 50.8 Å². The molecule has 152 valence electrons. The smallest absolute Gasteiger partial charge is 0.262 e. The maximum Gasteiger partial charge on any atom is 0.262 e. The van der Waals surface area contributed by atoms with E-state index in [1.165, 1.54) is 27.7 Å². The highest BCUT2D eigenvalue weighted by atomic mass is 32.2. The van der Waals surface area contributed by atoms with Gasteiger partial charge in [0.15, 0.2) is 5.16 Å². The molecule has 0 spiro atoms. The highest BCUT2D eigenvalue weighted by molar-refractivity contribution is 7.99. The van der Waals surface area contributed by atoms with Crippen LogP contribution >= 0.6 is 23.1 Å². The van der Waals surface area contributed by atoms with Gasteiger partial charge in [0, 0.05) is 31.4 Å². The summed E-state index contributed by atoms with van der Waals surface area (Å²) in [7, 11) is 1.65. The van der Waals surface area contributed by atoms with Crippen LogP contribution in [-0.2, 0) is 11.8 Å². The summed E-state index contributed by atoms with van der Waals surface area (Å²) in [6.45, 7) is 5.18. The highest BCUT2D eigenvalue weighted by Gasteiger charge is 2.14. The van der Waals surface area contributed by atoms with Crippen molar-refractivity contribution in [3.8, 4) is 0 Å². The van der Waals surface area contributed by atoms with Crippen molar-refractivity contribution < 1.29 is 9.59 Å². The first-order valence-corrected chi connectivity index (χ1v) is 11.1. The number of rotatable bonds is 7. The van der Waals surface area contributed by atoms with Crippen LogP contribution in [0.2, 0.25) is 0 Å². The normalized spacial score (nSPS) is 10.9. The molecule has 2 aromatic heterocycles. The van der Waals surface area contributed by atoms with Crippen molar-refractivity contribution in [1.82, 2.24) is 14.5 Å². The number of aromatic nitrogens is 2. The first kappa shape index (κ1) is 21.1. The Labute approximate surface area is 176 Å². The molecule has 0 unspecified atom stereocenters.